The van der Waals surface area contributed by atoms with Crippen LogP contribution in [-0.2, 0) is 16.6 Å². The Morgan fingerprint density at radius 3 is 2.61 bits per heavy atom. The summed E-state index contributed by atoms with van der Waals surface area (Å²) in [6.07, 6.45) is 2.85. The van der Waals surface area contributed by atoms with Crippen LogP contribution in [0.1, 0.15) is 5.56 Å². The van der Waals surface area contributed by atoms with Gasteiger partial charge in [-0.1, -0.05) is 42.5 Å². The smallest absolute Gasteiger partial charge is 0.264 e. The summed E-state index contributed by atoms with van der Waals surface area (Å²) in [4.78, 5) is -0.629. The number of nitrogens with one attached hydrogen (secondary N) is 1. The highest BCUT2D eigenvalue weighted by Gasteiger charge is 2.20. The molecule has 1 aromatic heterocycles. The zero-order valence-corrected chi connectivity index (χ0v) is 15.3. The number of nitrogens with zero attached hydrogens (tertiary/aromatic N) is 2. The molecule has 0 atom stereocenters. The van der Waals surface area contributed by atoms with E-state index in [2.05, 4.69) is 9.82 Å². The SMILES string of the molecule is O=S(=O)(Nc1cnn(Cc2cccc3ccccc23)c1)c1ccc(F)cc1F. The van der Waals surface area contributed by atoms with Gasteiger partial charge in [-0.25, -0.2) is 17.2 Å². The lowest BCUT2D eigenvalue weighted by atomic mass is 10.0. The van der Waals surface area contributed by atoms with E-state index in [1.807, 2.05) is 42.5 Å². The van der Waals surface area contributed by atoms with Crippen molar-refractivity contribution in [2.75, 3.05) is 4.72 Å². The van der Waals surface area contributed by atoms with Crippen LogP contribution in [0.3, 0.4) is 0 Å². The van der Waals surface area contributed by atoms with Crippen molar-refractivity contribution in [3.05, 3.63) is 90.3 Å². The lowest BCUT2D eigenvalue weighted by Crippen LogP contribution is -2.14. The molecule has 0 aliphatic rings. The number of anilines is 1. The Labute approximate surface area is 160 Å². The van der Waals surface area contributed by atoms with E-state index in [0.717, 1.165) is 28.5 Å². The predicted molar refractivity (Wildman–Crippen MR) is 102 cm³/mol. The topological polar surface area (TPSA) is 64.0 Å². The van der Waals surface area contributed by atoms with Crippen LogP contribution in [0.15, 0.2) is 78.0 Å². The van der Waals surface area contributed by atoms with Crippen molar-refractivity contribution >= 4 is 26.5 Å². The Morgan fingerprint density at radius 2 is 1.79 bits per heavy atom. The highest BCUT2D eigenvalue weighted by molar-refractivity contribution is 7.92. The van der Waals surface area contributed by atoms with Crippen LogP contribution < -0.4 is 4.72 Å². The minimum absolute atomic E-state index is 0.184. The van der Waals surface area contributed by atoms with Crippen molar-refractivity contribution in [2.24, 2.45) is 0 Å². The summed E-state index contributed by atoms with van der Waals surface area (Å²) in [7, 11) is -4.20. The van der Waals surface area contributed by atoms with Crippen molar-refractivity contribution in [3.8, 4) is 0 Å². The predicted octanol–water partition coefficient (Wildman–Crippen LogP) is 4.16. The maximum atomic E-state index is 13.8. The van der Waals surface area contributed by atoms with Crippen molar-refractivity contribution < 1.29 is 17.2 Å². The molecule has 1 heterocycles. The third-order valence-electron chi connectivity index (χ3n) is 4.28. The molecule has 0 radical (unpaired) electrons. The zero-order chi connectivity index (χ0) is 19.7. The third-order valence-corrected chi connectivity index (χ3v) is 5.70. The third kappa shape index (κ3) is 3.59. The van der Waals surface area contributed by atoms with Gasteiger partial charge in [-0.15, -0.1) is 0 Å². The van der Waals surface area contributed by atoms with E-state index in [-0.39, 0.29) is 5.69 Å². The van der Waals surface area contributed by atoms with Gasteiger partial charge in [0.05, 0.1) is 18.4 Å². The van der Waals surface area contributed by atoms with Crippen molar-refractivity contribution in [1.82, 2.24) is 9.78 Å². The van der Waals surface area contributed by atoms with E-state index in [1.54, 1.807) is 4.68 Å². The van der Waals surface area contributed by atoms with Crippen molar-refractivity contribution in [2.45, 2.75) is 11.4 Å². The summed E-state index contributed by atoms with van der Waals surface area (Å²) in [5.41, 5.74) is 1.21. The standard InChI is InChI=1S/C20H15F2N3O2S/c21-16-8-9-20(19(22)10-16)28(26,27)24-17-11-23-25(13-17)12-15-6-3-5-14-4-1-2-7-18(14)15/h1-11,13,24H,12H2. The van der Waals surface area contributed by atoms with Crippen LogP contribution in [0.5, 0.6) is 0 Å². The molecule has 3 aromatic carbocycles. The Morgan fingerprint density at radius 1 is 1.00 bits per heavy atom. The second-order valence-electron chi connectivity index (χ2n) is 6.25. The molecule has 0 saturated carbocycles. The Balaban J connectivity index is 1.57. The number of hydrogen-bond donors (Lipinski definition) is 1. The second kappa shape index (κ2) is 7.05. The molecule has 0 amide bonds. The van der Waals surface area contributed by atoms with E-state index in [1.165, 1.54) is 12.4 Å². The highest BCUT2D eigenvalue weighted by Crippen LogP contribution is 2.22. The molecule has 4 rings (SSSR count). The van der Waals surface area contributed by atoms with Gasteiger partial charge in [0.25, 0.3) is 10.0 Å². The fraction of sp³-hybridized carbons (Fsp3) is 0.0500. The molecular weight excluding hydrogens is 384 g/mol. The van der Waals surface area contributed by atoms with Gasteiger partial charge >= 0.3 is 0 Å². The van der Waals surface area contributed by atoms with Gasteiger partial charge in [-0.2, -0.15) is 5.10 Å². The monoisotopic (exact) mass is 399 g/mol. The summed E-state index contributed by atoms with van der Waals surface area (Å²) >= 11 is 0. The molecule has 142 valence electrons. The minimum Gasteiger partial charge on any atom is -0.276 e. The molecule has 4 aromatic rings. The lowest BCUT2D eigenvalue weighted by molar-refractivity contribution is 0.551. The van der Waals surface area contributed by atoms with Gasteiger partial charge in [-0.3, -0.25) is 9.40 Å². The van der Waals surface area contributed by atoms with E-state index < -0.39 is 26.6 Å². The van der Waals surface area contributed by atoms with Crippen molar-refractivity contribution in [1.29, 1.82) is 0 Å². The number of sulfonamides is 1. The number of rotatable bonds is 5. The lowest BCUT2D eigenvalue weighted by Gasteiger charge is -2.08. The van der Waals surface area contributed by atoms with Gasteiger partial charge in [0.1, 0.15) is 16.5 Å². The first-order valence-corrected chi connectivity index (χ1v) is 9.88. The van der Waals surface area contributed by atoms with Gasteiger partial charge in [0.2, 0.25) is 0 Å². The van der Waals surface area contributed by atoms with Crippen LogP contribution in [-0.4, -0.2) is 18.2 Å². The molecule has 0 bridgehead atoms. The van der Waals surface area contributed by atoms with Crippen LogP contribution in [0.2, 0.25) is 0 Å². The molecule has 0 aliphatic heterocycles. The second-order valence-corrected chi connectivity index (χ2v) is 7.90. The molecule has 8 heteroatoms. The van der Waals surface area contributed by atoms with E-state index in [4.69, 9.17) is 0 Å². The molecule has 0 fully saturated rings. The maximum absolute atomic E-state index is 13.8. The molecule has 0 saturated heterocycles. The quantitative estimate of drug-likeness (QED) is 0.548. The van der Waals surface area contributed by atoms with Gasteiger partial charge < -0.3 is 0 Å². The van der Waals surface area contributed by atoms with E-state index >= 15 is 0 Å². The number of hydrogen-bond acceptors (Lipinski definition) is 3. The first-order valence-electron chi connectivity index (χ1n) is 8.39. The normalized spacial score (nSPS) is 11.6. The molecule has 28 heavy (non-hydrogen) atoms. The van der Waals surface area contributed by atoms with Gasteiger partial charge in [0, 0.05) is 12.3 Å². The average Bonchev–Trinajstić information content (AvgIpc) is 3.08. The molecular formula is C20H15F2N3O2S. The number of halogens is 2. The van der Waals surface area contributed by atoms with Crippen molar-refractivity contribution in [3.63, 3.8) is 0 Å². The average molecular weight is 399 g/mol. The number of aromatic nitrogens is 2. The fourth-order valence-corrected chi connectivity index (χ4v) is 4.10. The first kappa shape index (κ1) is 18.1. The van der Waals surface area contributed by atoms with Gasteiger partial charge in [0.15, 0.2) is 0 Å². The first-order chi connectivity index (χ1) is 13.4. The Hall–Kier alpha value is -3.26. The summed E-state index contributed by atoms with van der Waals surface area (Å²) in [6, 6.07) is 16.2. The molecule has 5 nitrogen and oxygen atoms in total. The molecule has 0 aliphatic carbocycles. The fourth-order valence-electron chi connectivity index (χ4n) is 3.01. The number of benzene rings is 3. The summed E-state index contributed by atoms with van der Waals surface area (Å²) in [5, 5.41) is 6.35. The highest BCUT2D eigenvalue weighted by atomic mass is 32.2. The summed E-state index contributed by atoms with van der Waals surface area (Å²) in [6.45, 7) is 0.438. The van der Waals surface area contributed by atoms with Crippen LogP contribution in [0.4, 0.5) is 14.5 Å². The molecule has 0 spiro atoms. The van der Waals surface area contributed by atoms with E-state index in [0.29, 0.717) is 12.6 Å². The summed E-state index contributed by atoms with van der Waals surface area (Å²) in [5.74, 6) is -2.00. The Kier molecular flexibility index (Phi) is 4.56. The van der Waals surface area contributed by atoms with Crippen LogP contribution in [0.25, 0.3) is 10.8 Å². The summed E-state index contributed by atoms with van der Waals surface area (Å²) < 4.78 is 55.4. The van der Waals surface area contributed by atoms with E-state index in [9.17, 15) is 17.2 Å². The van der Waals surface area contributed by atoms with Gasteiger partial charge in [-0.05, 0) is 28.5 Å². The Bertz CT molecular complexity index is 1260. The molecule has 0 unspecified atom stereocenters. The number of fused-ring (bicyclic) bond motifs is 1. The molecule has 1 N–H and O–H groups in total. The van der Waals surface area contributed by atoms with Crippen LogP contribution >= 0.6 is 0 Å². The van der Waals surface area contributed by atoms with Crippen LogP contribution in [0, 0.1) is 11.6 Å². The maximum Gasteiger partial charge on any atom is 0.264 e. The minimum atomic E-state index is -4.20. The zero-order valence-electron chi connectivity index (χ0n) is 14.5. The largest absolute Gasteiger partial charge is 0.276 e.